The molecule has 0 aromatic carbocycles. The van der Waals surface area contributed by atoms with Gasteiger partial charge in [0.2, 0.25) is 0 Å². The summed E-state index contributed by atoms with van der Waals surface area (Å²) in [6, 6.07) is -0.737. The van der Waals surface area contributed by atoms with Crippen LogP contribution in [0.5, 0.6) is 0 Å². The van der Waals surface area contributed by atoms with Crippen molar-refractivity contribution in [3.63, 3.8) is 0 Å². The predicted molar refractivity (Wildman–Crippen MR) is 79.7 cm³/mol. The molecular formula is C13H24N2O5S. The van der Waals surface area contributed by atoms with Gasteiger partial charge in [-0.1, -0.05) is 6.92 Å². The molecule has 1 aliphatic rings. The molecule has 1 heterocycles. The van der Waals surface area contributed by atoms with Crippen molar-refractivity contribution in [2.24, 2.45) is 5.92 Å². The number of amides is 2. The maximum atomic E-state index is 12.2. The van der Waals surface area contributed by atoms with Crippen LogP contribution >= 0.6 is 0 Å². The number of carbonyl (C=O) groups is 2. The third-order valence-electron chi connectivity index (χ3n) is 3.76. The SMILES string of the molecule is CCN(C(=O)NCCC(C)S(C)=O)C1COCC1C(=O)O. The summed E-state index contributed by atoms with van der Waals surface area (Å²) in [5.41, 5.74) is 0. The topological polar surface area (TPSA) is 95.9 Å². The zero-order chi connectivity index (χ0) is 16.0. The lowest BCUT2D eigenvalue weighted by Crippen LogP contribution is -2.50. The number of hydrogen-bond acceptors (Lipinski definition) is 4. The summed E-state index contributed by atoms with van der Waals surface area (Å²) in [7, 11) is -0.914. The molecule has 0 spiro atoms. The molecule has 4 unspecified atom stereocenters. The van der Waals surface area contributed by atoms with Gasteiger partial charge in [0, 0.05) is 35.4 Å². The smallest absolute Gasteiger partial charge is 0.317 e. The van der Waals surface area contributed by atoms with Gasteiger partial charge >= 0.3 is 12.0 Å². The van der Waals surface area contributed by atoms with Crippen LogP contribution in [0.2, 0.25) is 0 Å². The first-order valence-electron chi connectivity index (χ1n) is 7.05. The van der Waals surface area contributed by atoms with E-state index in [2.05, 4.69) is 5.32 Å². The number of hydrogen-bond donors (Lipinski definition) is 2. The fourth-order valence-corrected chi connectivity index (χ4v) is 2.71. The van der Waals surface area contributed by atoms with Gasteiger partial charge in [-0.25, -0.2) is 4.79 Å². The highest BCUT2D eigenvalue weighted by Crippen LogP contribution is 2.20. The third kappa shape index (κ3) is 4.96. The molecule has 0 aromatic rings. The Balaban J connectivity index is 2.53. The van der Waals surface area contributed by atoms with Crippen LogP contribution in [0.3, 0.4) is 0 Å². The lowest BCUT2D eigenvalue weighted by Gasteiger charge is -2.29. The van der Waals surface area contributed by atoms with Gasteiger partial charge in [-0.2, -0.15) is 0 Å². The van der Waals surface area contributed by atoms with Crippen molar-refractivity contribution in [3.8, 4) is 0 Å². The van der Waals surface area contributed by atoms with Gasteiger partial charge in [0.05, 0.1) is 19.3 Å². The fourth-order valence-electron chi connectivity index (χ4n) is 2.26. The first kappa shape index (κ1) is 17.9. The van der Waals surface area contributed by atoms with E-state index in [0.717, 1.165) is 0 Å². The number of nitrogens with zero attached hydrogens (tertiary/aromatic N) is 1. The van der Waals surface area contributed by atoms with Crippen LogP contribution < -0.4 is 5.32 Å². The van der Waals surface area contributed by atoms with E-state index >= 15 is 0 Å². The molecule has 2 N–H and O–H groups in total. The number of aliphatic carboxylic acids is 1. The largest absolute Gasteiger partial charge is 0.481 e. The van der Waals surface area contributed by atoms with E-state index in [4.69, 9.17) is 9.84 Å². The summed E-state index contributed by atoms with van der Waals surface area (Å²) in [6.07, 6.45) is 2.26. The first-order valence-corrected chi connectivity index (χ1v) is 8.67. The second kappa shape index (κ2) is 8.33. The van der Waals surface area contributed by atoms with Crippen molar-refractivity contribution in [3.05, 3.63) is 0 Å². The van der Waals surface area contributed by atoms with E-state index in [9.17, 15) is 13.8 Å². The molecule has 21 heavy (non-hydrogen) atoms. The molecule has 0 radical (unpaired) electrons. The van der Waals surface area contributed by atoms with E-state index < -0.39 is 28.7 Å². The van der Waals surface area contributed by atoms with Crippen molar-refractivity contribution in [1.82, 2.24) is 10.2 Å². The molecule has 1 fully saturated rings. The maximum absolute atomic E-state index is 12.2. The van der Waals surface area contributed by atoms with Crippen molar-refractivity contribution >= 4 is 22.8 Å². The lowest BCUT2D eigenvalue weighted by atomic mass is 10.0. The van der Waals surface area contributed by atoms with Crippen LogP contribution in [0.4, 0.5) is 4.79 Å². The summed E-state index contributed by atoms with van der Waals surface area (Å²) < 4.78 is 16.4. The second-order valence-corrected chi connectivity index (χ2v) is 6.97. The van der Waals surface area contributed by atoms with Crippen molar-refractivity contribution in [1.29, 1.82) is 0 Å². The van der Waals surface area contributed by atoms with Gasteiger partial charge in [-0.15, -0.1) is 0 Å². The van der Waals surface area contributed by atoms with Crippen LogP contribution in [0.25, 0.3) is 0 Å². The minimum absolute atomic E-state index is 0.0157. The van der Waals surface area contributed by atoms with Gasteiger partial charge < -0.3 is 20.1 Å². The molecule has 4 atom stereocenters. The van der Waals surface area contributed by atoms with Gasteiger partial charge in [-0.3, -0.25) is 9.00 Å². The quantitative estimate of drug-likeness (QED) is 0.702. The number of rotatable bonds is 7. The van der Waals surface area contributed by atoms with Crippen LogP contribution in [0.1, 0.15) is 20.3 Å². The predicted octanol–water partition coefficient (Wildman–Crippen LogP) is 0.275. The molecule has 0 aliphatic carbocycles. The molecule has 0 saturated carbocycles. The molecule has 122 valence electrons. The number of likely N-dealkylation sites (N-methyl/N-ethyl adjacent to an activating group) is 1. The van der Waals surface area contributed by atoms with E-state index in [1.807, 2.05) is 6.92 Å². The van der Waals surface area contributed by atoms with E-state index in [1.54, 1.807) is 13.2 Å². The molecular weight excluding hydrogens is 296 g/mol. The Kier molecular flexibility index (Phi) is 7.10. The molecule has 1 aliphatic heterocycles. The van der Waals surface area contributed by atoms with E-state index in [1.165, 1.54) is 4.90 Å². The zero-order valence-electron chi connectivity index (χ0n) is 12.7. The number of carboxylic acid groups (broad SMARTS) is 1. The monoisotopic (exact) mass is 320 g/mol. The second-order valence-electron chi connectivity index (χ2n) is 5.17. The minimum atomic E-state index is -0.946. The van der Waals surface area contributed by atoms with Crippen molar-refractivity contribution in [2.45, 2.75) is 31.6 Å². The Labute approximate surface area is 127 Å². The minimum Gasteiger partial charge on any atom is -0.481 e. The summed E-state index contributed by atoms with van der Waals surface area (Å²) in [6.45, 7) is 4.88. The Bertz CT molecular complexity index is 404. The molecule has 0 aromatic heterocycles. The molecule has 1 saturated heterocycles. The lowest BCUT2D eigenvalue weighted by molar-refractivity contribution is -0.142. The Morgan fingerprint density at radius 1 is 1.48 bits per heavy atom. The van der Waals surface area contributed by atoms with Crippen molar-refractivity contribution in [2.75, 3.05) is 32.6 Å². The van der Waals surface area contributed by atoms with Crippen LogP contribution in [-0.2, 0) is 20.3 Å². The van der Waals surface area contributed by atoms with E-state index in [-0.39, 0.29) is 24.5 Å². The number of ether oxygens (including phenoxy) is 1. The van der Waals surface area contributed by atoms with Gasteiger partial charge in [-0.05, 0) is 13.3 Å². The zero-order valence-corrected chi connectivity index (χ0v) is 13.5. The number of carbonyl (C=O) groups excluding carboxylic acids is 1. The summed E-state index contributed by atoms with van der Waals surface area (Å²) in [4.78, 5) is 24.8. The highest BCUT2D eigenvalue weighted by atomic mass is 32.2. The van der Waals surface area contributed by atoms with Gasteiger partial charge in [0.25, 0.3) is 0 Å². The van der Waals surface area contributed by atoms with Crippen LogP contribution in [-0.4, -0.2) is 70.1 Å². The normalized spacial score (nSPS) is 24.3. The first-order chi connectivity index (χ1) is 9.88. The van der Waals surface area contributed by atoms with Gasteiger partial charge in [0.1, 0.15) is 5.92 Å². The van der Waals surface area contributed by atoms with Gasteiger partial charge in [0.15, 0.2) is 0 Å². The Hall–Kier alpha value is -1.15. The summed E-state index contributed by atoms with van der Waals surface area (Å²) in [5.74, 6) is -1.63. The maximum Gasteiger partial charge on any atom is 0.317 e. The standard InChI is InChI=1S/C13H24N2O5S/c1-4-15(11-8-20-7-10(11)12(16)17)13(18)14-6-5-9(2)21(3)19/h9-11H,4-8H2,1-3H3,(H,14,18)(H,16,17). The average molecular weight is 320 g/mol. The molecule has 7 nitrogen and oxygen atoms in total. The third-order valence-corrected chi connectivity index (χ3v) is 5.13. The highest BCUT2D eigenvalue weighted by molar-refractivity contribution is 7.84. The molecule has 0 bridgehead atoms. The Morgan fingerprint density at radius 3 is 2.67 bits per heavy atom. The molecule has 2 amide bonds. The highest BCUT2D eigenvalue weighted by Gasteiger charge is 2.39. The summed E-state index contributed by atoms with van der Waals surface area (Å²) >= 11 is 0. The number of urea groups is 1. The number of nitrogens with one attached hydrogen (secondary N) is 1. The molecule has 8 heteroatoms. The molecule has 1 rings (SSSR count). The fraction of sp³-hybridized carbons (Fsp3) is 0.846. The van der Waals surface area contributed by atoms with Crippen LogP contribution in [0.15, 0.2) is 0 Å². The average Bonchev–Trinajstić information content (AvgIpc) is 2.88. The number of carboxylic acids is 1. The Morgan fingerprint density at radius 2 is 2.14 bits per heavy atom. The van der Waals surface area contributed by atoms with Crippen molar-refractivity contribution < 1.29 is 23.6 Å². The van der Waals surface area contributed by atoms with E-state index in [0.29, 0.717) is 19.5 Å². The summed E-state index contributed by atoms with van der Waals surface area (Å²) in [5, 5.41) is 11.9. The van der Waals surface area contributed by atoms with Crippen LogP contribution in [0, 0.1) is 5.92 Å².